The highest BCUT2D eigenvalue weighted by Crippen LogP contribution is 2.39. The fourth-order valence-corrected chi connectivity index (χ4v) is 4.50. The molecule has 0 radical (unpaired) electrons. The van der Waals surface area contributed by atoms with Gasteiger partial charge >= 0.3 is 0 Å². The lowest BCUT2D eigenvalue weighted by Gasteiger charge is -2.29. The molecule has 0 atom stereocenters. The van der Waals surface area contributed by atoms with E-state index in [9.17, 15) is 23.5 Å². The molecule has 4 rings (SSSR count). The number of amides is 1. The average Bonchev–Trinajstić information content (AvgIpc) is 3.08. The molecule has 9 nitrogen and oxygen atoms in total. The second-order valence-corrected chi connectivity index (χ2v) is 9.30. The molecule has 0 spiro atoms. The molecule has 2 aliphatic rings. The minimum Gasteiger partial charge on any atom is -0.393 e. The fourth-order valence-electron chi connectivity index (χ4n) is 4.50. The Labute approximate surface area is 183 Å². The number of fused-ring (bicyclic) bond motifs is 1. The van der Waals surface area contributed by atoms with E-state index in [2.05, 4.69) is 20.4 Å². The van der Waals surface area contributed by atoms with Gasteiger partial charge in [-0.05, 0) is 37.5 Å². The van der Waals surface area contributed by atoms with Crippen molar-refractivity contribution in [3.05, 3.63) is 28.8 Å². The maximum absolute atomic E-state index is 13.7. The molecule has 1 amide bonds. The van der Waals surface area contributed by atoms with Crippen LogP contribution < -0.4 is 11.1 Å². The van der Waals surface area contributed by atoms with Gasteiger partial charge in [-0.15, -0.1) is 0 Å². The van der Waals surface area contributed by atoms with Crippen LogP contribution in [0.2, 0.25) is 0 Å². The molecule has 172 valence electrons. The van der Waals surface area contributed by atoms with Gasteiger partial charge < -0.3 is 16.2 Å². The zero-order chi connectivity index (χ0) is 23.2. The molecule has 0 aromatic carbocycles. The van der Waals surface area contributed by atoms with E-state index >= 15 is 0 Å². The molecule has 0 aliphatic heterocycles. The van der Waals surface area contributed by atoms with Crippen molar-refractivity contribution in [3.8, 4) is 5.82 Å². The summed E-state index contributed by atoms with van der Waals surface area (Å²) in [5.74, 6) is -0.921. The molecule has 0 bridgehead atoms. The highest BCUT2D eigenvalue weighted by Gasteiger charge is 2.39. The molecule has 2 heterocycles. The third-order valence-electron chi connectivity index (χ3n) is 6.03. The van der Waals surface area contributed by atoms with Crippen molar-refractivity contribution < 1.29 is 23.5 Å². The molecule has 4 N–H and O–H groups in total. The summed E-state index contributed by atoms with van der Waals surface area (Å²) in [4.78, 5) is 33.1. The molecule has 11 heteroatoms. The average molecular weight is 448 g/mol. The second-order valence-electron chi connectivity index (χ2n) is 9.30. The van der Waals surface area contributed by atoms with Gasteiger partial charge in [-0.3, -0.25) is 9.59 Å². The molecular weight excluding hydrogens is 422 g/mol. The number of aliphatic hydroxyl groups excluding tert-OH is 1. The largest absolute Gasteiger partial charge is 0.393 e. The minimum atomic E-state index is -2.92. The van der Waals surface area contributed by atoms with Crippen molar-refractivity contribution in [2.45, 2.75) is 70.9 Å². The van der Waals surface area contributed by atoms with Crippen molar-refractivity contribution in [2.24, 2.45) is 11.1 Å². The van der Waals surface area contributed by atoms with E-state index in [0.717, 1.165) is 0 Å². The smallest absolute Gasteiger partial charge is 0.282 e. The number of ketones is 1. The summed E-state index contributed by atoms with van der Waals surface area (Å²) in [5, 5.41) is 16.9. The van der Waals surface area contributed by atoms with Crippen molar-refractivity contribution in [1.82, 2.24) is 19.7 Å². The van der Waals surface area contributed by atoms with Crippen LogP contribution in [0.25, 0.3) is 5.82 Å². The lowest BCUT2D eigenvalue weighted by atomic mass is 9.75. The molecule has 32 heavy (non-hydrogen) atoms. The highest BCUT2D eigenvalue weighted by molar-refractivity contribution is 6.00. The first-order valence-electron chi connectivity index (χ1n) is 10.6. The number of primary amides is 1. The molecule has 0 unspecified atom stereocenters. The zero-order valence-corrected chi connectivity index (χ0v) is 17.9. The van der Waals surface area contributed by atoms with E-state index in [4.69, 9.17) is 5.73 Å². The van der Waals surface area contributed by atoms with E-state index < -0.39 is 23.4 Å². The second kappa shape index (κ2) is 8.19. The summed E-state index contributed by atoms with van der Waals surface area (Å²) in [7, 11) is 0. The van der Waals surface area contributed by atoms with E-state index in [-0.39, 0.29) is 47.2 Å². The van der Waals surface area contributed by atoms with Crippen LogP contribution in [0, 0.1) is 5.41 Å². The van der Waals surface area contributed by atoms with Crippen LogP contribution in [-0.2, 0) is 6.42 Å². The number of halogens is 2. The summed E-state index contributed by atoms with van der Waals surface area (Å²) in [6, 6.07) is -0.0512. The number of nitrogens with one attached hydrogen (secondary N) is 1. The van der Waals surface area contributed by atoms with Gasteiger partial charge in [-0.2, -0.15) is 5.10 Å². The number of Topliss-reactive ketones (excluding diaryl/α,β-unsaturated/α-hetero) is 1. The number of alkyl halides is 2. The maximum atomic E-state index is 13.7. The maximum Gasteiger partial charge on any atom is 0.282 e. The van der Waals surface area contributed by atoms with Crippen molar-refractivity contribution >= 4 is 17.5 Å². The number of anilines is 1. The van der Waals surface area contributed by atoms with Crippen LogP contribution in [0.1, 0.15) is 84.6 Å². The molecule has 2 aromatic rings. The van der Waals surface area contributed by atoms with Gasteiger partial charge in [0, 0.05) is 12.5 Å². The summed E-state index contributed by atoms with van der Waals surface area (Å²) < 4.78 is 28.6. The Morgan fingerprint density at radius 1 is 1.28 bits per heavy atom. The topological polar surface area (TPSA) is 136 Å². The lowest BCUT2D eigenvalue weighted by molar-refractivity contribution is 0.0896. The van der Waals surface area contributed by atoms with E-state index in [0.29, 0.717) is 37.8 Å². The summed E-state index contributed by atoms with van der Waals surface area (Å²) in [6.45, 7) is 3.78. The van der Waals surface area contributed by atoms with Crippen LogP contribution in [0.5, 0.6) is 0 Å². The monoisotopic (exact) mass is 448 g/mol. The van der Waals surface area contributed by atoms with Gasteiger partial charge in [-0.25, -0.2) is 23.4 Å². The molecule has 2 aliphatic carbocycles. The first-order valence-corrected chi connectivity index (χ1v) is 10.6. The molecule has 1 saturated carbocycles. The van der Waals surface area contributed by atoms with Crippen molar-refractivity contribution in [3.63, 3.8) is 0 Å². The predicted molar refractivity (Wildman–Crippen MR) is 111 cm³/mol. The number of rotatable bonds is 5. The summed E-state index contributed by atoms with van der Waals surface area (Å²) >= 11 is 0. The lowest BCUT2D eigenvalue weighted by Crippen LogP contribution is -2.30. The first-order chi connectivity index (χ1) is 15.1. The van der Waals surface area contributed by atoms with Crippen LogP contribution in [0.15, 0.2) is 6.20 Å². The van der Waals surface area contributed by atoms with Gasteiger partial charge in [-0.1, -0.05) is 13.8 Å². The Bertz CT molecular complexity index is 1060. The number of nitrogens with zero attached hydrogens (tertiary/aromatic N) is 4. The Hall–Kier alpha value is -2.95. The summed E-state index contributed by atoms with van der Waals surface area (Å²) in [5.41, 5.74) is 4.67. The number of hydrogen-bond acceptors (Lipinski definition) is 7. The van der Waals surface area contributed by atoms with Crippen LogP contribution >= 0.6 is 0 Å². The number of nitrogens with two attached hydrogens (primary N) is 1. The Kier molecular flexibility index (Phi) is 5.70. The molecule has 2 aromatic heterocycles. The Balaban J connectivity index is 1.78. The third kappa shape index (κ3) is 4.21. The number of aliphatic hydroxyl groups is 1. The van der Waals surface area contributed by atoms with E-state index in [1.165, 1.54) is 10.9 Å². The number of carbonyl (C=O) groups excluding carboxylic acids is 2. The number of carbonyl (C=O) groups is 2. The molecule has 0 saturated heterocycles. The SMILES string of the molecule is CC1(C)CC(=O)c2c(C(F)F)nn(-c3cnc(C(N)=O)c(NC4CCC(O)CC4)n3)c2C1. The summed E-state index contributed by atoms with van der Waals surface area (Å²) in [6.07, 6.45) is 1.03. The van der Waals surface area contributed by atoms with Crippen molar-refractivity contribution in [2.75, 3.05) is 5.32 Å². The van der Waals surface area contributed by atoms with E-state index in [1.54, 1.807) is 0 Å². The van der Waals surface area contributed by atoms with Crippen molar-refractivity contribution in [1.29, 1.82) is 0 Å². The van der Waals surface area contributed by atoms with Gasteiger partial charge in [0.15, 0.2) is 23.1 Å². The standard InChI is InChI=1S/C21H26F2N6O3/c1-21(2)7-12-15(13(31)8-21)16(18(22)23)28-29(12)14-9-25-17(19(24)32)20(27-14)26-10-3-5-11(30)6-4-10/h9-11,18,30H,3-8H2,1-2H3,(H2,24,32)(H,26,27). The van der Waals surface area contributed by atoms with Crippen LogP contribution in [0.4, 0.5) is 14.6 Å². The van der Waals surface area contributed by atoms with E-state index in [1.807, 2.05) is 13.8 Å². The Morgan fingerprint density at radius 3 is 2.59 bits per heavy atom. The third-order valence-corrected chi connectivity index (χ3v) is 6.03. The fraction of sp³-hybridized carbons (Fsp3) is 0.571. The van der Waals surface area contributed by atoms with Gasteiger partial charge in [0.25, 0.3) is 12.3 Å². The van der Waals surface area contributed by atoms with Crippen LogP contribution in [-0.4, -0.2) is 48.7 Å². The molecular formula is C21H26F2N6O3. The van der Waals surface area contributed by atoms with Gasteiger partial charge in [0.1, 0.15) is 5.69 Å². The predicted octanol–water partition coefficient (Wildman–Crippen LogP) is 2.57. The Morgan fingerprint density at radius 2 is 1.97 bits per heavy atom. The zero-order valence-electron chi connectivity index (χ0n) is 17.9. The number of aromatic nitrogens is 4. The number of hydrogen-bond donors (Lipinski definition) is 3. The minimum absolute atomic E-state index is 0.0512. The van der Waals surface area contributed by atoms with Gasteiger partial charge in [0.2, 0.25) is 0 Å². The van der Waals surface area contributed by atoms with Gasteiger partial charge in [0.05, 0.1) is 23.6 Å². The van der Waals surface area contributed by atoms with Crippen LogP contribution in [0.3, 0.4) is 0 Å². The quantitative estimate of drug-likeness (QED) is 0.639. The molecule has 1 fully saturated rings. The normalized spacial score (nSPS) is 22.6. The highest BCUT2D eigenvalue weighted by atomic mass is 19.3. The first kappa shape index (κ1) is 22.3.